The van der Waals surface area contributed by atoms with Crippen molar-refractivity contribution in [1.82, 2.24) is 9.61 Å². The summed E-state index contributed by atoms with van der Waals surface area (Å²) in [4.78, 5) is 2.67. The van der Waals surface area contributed by atoms with Gasteiger partial charge in [-0.1, -0.05) is 13.0 Å². The van der Waals surface area contributed by atoms with E-state index in [1.807, 2.05) is 6.07 Å². The molecule has 176 valence electrons. The van der Waals surface area contributed by atoms with Crippen molar-refractivity contribution < 1.29 is 14.2 Å². The Hall–Kier alpha value is -2.73. The second kappa shape index (κ2) is 9.26. The third-order valence-electron chi connectivity index (χ3n) is 7.09. The maximum absolute atomic E-state index is 5.79. The van der Waals surface area contributed by atoms with Crippen LogP contribution in [-0.4, -0.2) is 49.6 Å². The van der Waals surface area contributed by atoms with Gasteiger partial charge in [0.25, 0.3) is 0 Å². The van der Waals surface area contributed by atoms with Crippen LogP contribution in [0.4, 0.5) is 5.69 Å². The van der Waals surface area contributed by atoms with Gasteiger partial charge in [-0.2, -0.15) is 5.10 Å². The monoisotopic (exact) mass is 449 g/mol. The SMILES string of the molecule is CCc1nn2c(-c3c(C)cc(OC)cc3OC)cccc2c1N(CC1CC1)C1CCOCC1. The lowest BCUT2D eigenvalue weighted by Gasteiger charge is -2.36. The minimum absolute atomic E-state index is 0.513. The summed E-state index contributed by atoms with van der Waals surface area (Å²) in [5, 5.41) is 5.17. The molecule has 6 heteroatoms. The number of aryl methyl sites for hydroxylation is 2. The Bertz CT molecular complexity index is 1130. The van der Waals surface area contributed by atoms with Gasteiger partial charge in [-0.3, -0.25) is 0 Å². The third-order valence-corrected chi connectivity index (χ3v) is 7.09. The minimum atomic E-state index is 0.513. The Morgan fingerprint density at radius 2 is 1.88 bits per heavy atom. The molecular weight excluding hydrogens is 414 g/mol. The summed E-state index contributed by atoms with van der Waals surface area (Å²) in [5.41, 5.74) is 6.86. The van der Waals surface area contributed by atoms with Gasteiger partial charge in [0.2, 0.25) is 0 Å². The lowest BCUT2D eigenvalue weighted by atomic mass is 10.0. The Morgan fingerprint density at radius 3 is 2.55 bits per heavy atom. The highest BCUT2D eigenvalue weighted by molar-refractivity contribution is 5.82. The lowest BCUT2D eigenvalue weighted by Crippen LogP contribution is -2.41. The van der Waals surface area contributed by atoms with Crippen LogP contribution < -0.4 is 14.4 Å². The molecule has 3 aromatic rings. The second-order valence-electron chi connectivity index (χ2n) is 9.32. The van der Waals surface area contributed by atoms with E-state index in [2.05, 4.69) is 47.5 Å². The molecule has 1 saturated carbocycles. The fourth-order valence-electron chi connectivity index (χ4n) is 5.17. The molecule has 6 nitrogen and oxygen atoms in total. The number of hydrogen-bond acceptors (Lipinski definition) is 5. The largest absolute Gasteiger partial charge is 0.497 e. The molecule has 1 aliphatic heterocycles. The van der Waals surface area contributed by atoms with E-state index in [4.69, 9.17) is 19.3 Å². The molecule has 0 radical (unpaired) electrons. The number of benzene rings is 1. The van der Waals surface area contributed by atoms with Crippen molar-refractivity contribution in [1.29, 1.82) is 0 Å². The normalized spacial score (nSPS) is 16.8. The average Bonchev–Trinajstić information content (AvgIpc) is 3.60. The van der Waals surface area contributed by atoms with Crippen molar-refractivity contribution in [3.05, 3.63) is 41.6 Å². The van der Waals surface area contributed by atoms with Crippen LogP contribution in [0.25, 0.3) is 16.8 Å². The van der Waals surface area contributed by atoms with Crippen LogP contribution in [0.5, 0.6) is 11.5 Å². The predicted molar refractivity (Wildman–Crippen MR) is 132 cm³/mol. The van der Waals surface area contributed by atoms with E-state index in [1.165, 1.54) is 29.7 Å². The minimum Gasteiger partial charge on any atom is -0.497 e. The highest BCUT2D eigenvalue weighted by Gasteiger charge is 2.32. The Kier molecular flexibility index (Phi) is 6.19. The van der Waals surface area contributed by atoms with Gasteiger partial charge in [-0.25, -0.2) is 4.52 Å². The van der Waals surface area contributed by atoms with Crippen molar-refractivity contribution in [3.8, 4) is 22.8 Å². The quantitative estimate of drug-likeness (QED) is 0.468. The maximum Gasteiger partial charge on any atom is 0.132 e. The molecule has 0 amide bonds. The molecule has 2 fully saturated rings. The van der Waals surface area contributed by atoms with E-state index >= 15 is 0 Å². The van der Waals surface area contributed by atoms with Crippen LogP contribution >= 0.6 is 0 Å². The number of rotatable bonds is 8. The standard InChI is InChI=1S/C27H35N3O3/c1-5-22-27(29(17-19-9-10-19)20-11-13-33-14-12-20)24-8-6-7-23(30(24)28-22)26-18(2)15-21(31-3)16-25(26)32-4/h6-8,15-16,19-20H,5,9-14,17H2,1-4H3. The fraction of sp³-hybridized carbons (Fsp3) is 0.519. The zero-order chi connectivity index (χ0) is 22.9. The first-order chi connectivity index (χ1) is 16.1. The van der Waals surface area contributed by atoms with E-state index < -0.39 is 0 Å². The molecule has 0 bridgehead atoms. The third kappa shape index (κ3) is 4.17. The van der Waals surface area contributed by atoms with Crippen molar-refractivity contribution in [2.45, 2.75) is 52.0 Å². The first kappa shape index (κ1) is 22.1. The lowest BCUT2D eigenvalue weighted by molar-refractivity contribution is 0.0842. The van der Waals surface area contributed by atoms with Gasteiger partial charge in [-0.15, -0.1) is 0 Å². The summed E-state index contributed by atoms with van der Waals surface area (Å²) in [7, 11) is 3.40. The average molecular weight is 450 g/mol. The number of fused-ring (bicyclic) bond motifs is 1. The summed E-state index contributed by atoms with van der Waals surface area (Å²) in [6, 6.07) is 11.0. The van der Waals surface area contributed by atoms with Gasteiger partial charge in [-0.05, 0) is 68.7 Å². The molecule has 0 N–H and O–H groups in total. The van der Waals surface area contributed by atoms with Gasteiger partial charge in [0.05, 0.1) is 36.8 Å². The molecule has 3 heterocycles. The molecule has 2 aliphatic rings. The van der Waals surface area contributed by atoms with Crippen LogP contribution in [0.15, 0.2) is 30.3 Å². The molecule has 0 spiro atoms. The predicted octanol–water partition coefficient (Wildman–Crippen LogP) is 5.28. The highest BCUT2D eigenvalue weighted by Crippen LogP contribution is 2.41. The highest BCUT2D eigenvalue weighted by atomic mass is 16.5. The Balaban J connectivity index is 1.68. The molecule has 1 aliphatic carbocycles. The summed E-state index contributed by atoms with van der Waals surface area (Å²) < 4.78 is 19.1. The molecule has 0 atom stereocenters. The van der Waals surface area contributed by atoms with Gasteiger partial charge in [0.15, 0.2) is 0 Å². The topological polar surface area (TPSA) is 48.2 Å². The number of nitrogens with zero attached hydrogens (tertiary/aromatic N) is 3. The number of anilines is 1. The van der Waals surface area contributed by atoms with E-state index in [0.717, 1.165) is 73.3 Å². The van der Waals surface area contributed by atoms with Crippen molar-refractivity contribution in [3.63, 3.8) is 0 Å². The van der Waals surface area contributed by atoms with Crippen LogP contribution in [0, 0.1) is 12.8 Å². The smallest absolute Gasteiger partial charge is 0.132 e. The number of pyridine rings is 1. The first-order valence-corrected chi connectivity index (χ1v) is 12.2. The Morgan fingerprint density at radius 1 is 1.09 bits per heavy atom. The van der Waals surface area contributed by atoms with Crippen LogP contribution in [-0.2, 0) is 11.2 Å². The van der Waals surface area contributed by atoms with Gasteiger partial charge in [0, 0.05) is 37.4 Å². The van der Waals surface area contributed by atoms with Crippen LogP contribution in [0.3, 0.4) is 0 Å². The van der Waals surface area contributed by atoms with Crippen molar-refractivity contribution in [2.24, 2.45) is 5.92 Å². The van der Waals surface area contributed by atoms with Gasteiger partial charge < -0.3 is 19.1 Å². The van der Waals surface area contributed by atoms with Crippen LogP contribution in [0.2, 0.25) is 0 Å². The summed E-state index contributed by atoms with van der Waals surface area (Å²) in [6.45, 7) is 7.13. The molecule has 2 aromatic heterocycles. The first-order valence-electron chi connectivity index (χ1n) is 12.2. The summed E-state index contributed by atoms with van der Waals surface area (Å²) >= 11 is 0. The molecular formula is C27H35N3O3. The molecule has 33 heavy (non-hydrogen) atoms. The number of aromatic nitrogens is 2. The van der Waals surface area contributed by atoms with Crippen LogP contribution in [0.1, 0.15) is 43.9 Å². The Labute approximate surface area is 196 Å². The van der Waals surface area contributed by atoms with E-state index in [1.54, 1.807) is 14.2 Å². The van der Waals surface area contributed by atoms with E-state index in [-0.39, 0.29) is 0 Å². The molecule has 5 rings (SSSR count). The van der Waals surface area contributed by atoms with Gasteiger partial charge >= 0.3 is 0 Å². The van der Waals surface area contributed by atoms with Crippen molar-refractivity contribution in [2.75, 3.05) is 38.9 Å². The summed E-state index contributed by atoms with van der Waals surface area (Å²) in [6.07, 6.45) is 5.75. The zero-order valence-electron chi connectivity index (χ0n) is 20.3. The van der Waals surface area contributed by atoms with E-state index in [0.29, 0.717) is 6.04 Å². The number of hydrogen-bond donors (Lipinski definition) is 0. The fourth-order valence-corrected chi connectivity index (χ4v) is 5.17. The molecule has 1 saturated heterocycles. The second-order valence-corrected chi connectivity index (χ2v) is 9.32. The van der Waals surface area contributed by atoms with Crippen molar-refractivity contribution >= 4 is 11.2 Å². The zero-order valence-corrected chi connectivity index (χ0v) is 20.3. The molecule has 0 unspecified atom stereocenters. The van der Waals surface area contributed by atoms with Gasteiger partial charge in [0.1, 0.15) is 11.5 Å². The maximum atomic E-state index is 5.79. The van der Waals surface area contributed by atoms with E-state index in [9.17, 15) is 0 Å². The number of ether oxygens (including phenoxy) is 3. The molecule has 1 aromatic carbocycles. The number of methoxy groups -OCH3 is 2. The summed E-state index contributed by atoms with van der Waals surface area (Å²) in [5.74, 6) is 2.40.